The third-order valence-electron chi connectivity index (χ3n) is 0.607. The topological polar surface area (TPSA) is 0 Å². The van der Waals surface area contributed by atoms with Crippen molar-refractivity contribution in [2.24, 2.45) is 0 Å². The van der Waals surface area contributed by atoms with Gasteiger partial charge >= 0.3 is 0 Å². The predicted molar refractivity (Wildman–Crippen MR) is 31.0 cm³/mol. The third kappa shape index (κ3) is 8.72. The maximum absolute atomic E-state index is 2.89. The number of rotatable bonds is 0. The molecular formula is C6H5Cl2Tl-2. The molecule has 0 aliphatic rings. The molecule has 0 amide bonds. The van der Waals surface area contributed by atoms with Crippen LogP contribution in [0, 0.1) is 6.07 Å². The minimum absolute atomic E-state index is 0. The molecule has 0 fully saturated rings. The molecule has 1 rings (SSSR count). The van der Waals surface area contributed by atoms with Crippen molar-refractivity contribution in [2.45, 2.75) is 0 Å². The molecule has 0 aliphatic heterocycles. The molecule has 1 aromatic carbocycles. The summed E-state index contributed by atoms with van der Waals surface area (Å²) < 4.78 is 0. The second-order valence-corrected chi connectivity index (χ2v) is 1.08. The molecule has 0 atom stereocenters. The zero-order chi connectivity index (χ0) is 4.24. The number of benzene rings is 1. The van der Waals surface area contributed by atoms with Crippen LogP contribution in [0.3, 0.4) is 0 Å². The van der Waals surface area contributed by atoms with Gasteiger partial charge in [0, 0.05) is 27.3 Å². The first-order valence-corrected chi connectivity index (χ1v) is 1.91. The van der Waals surface area contributed by atoms with E-state index in [4.69, 9.17) is 0 Å². The van der Waals surface area contributed by atoms with Gasteiger partial charge in [0.25, 0.3) is 0 Å². The molecule has 0 aromatic heterocycles. The van der Waals surface area contributed by atoms with Gasteiger partial charge in [-0.05, 0) is 6.07 Å². The van der Waals surface area contributed by atoms with Gasteiger partial charge in [-0.15, -0.1) is 0 Å². The summed E-state index contributed by atoms with van der Waals surface area (Å²) in [4.78, 5) is 0. The number of hydrogen-bond donors (Lipinski definition) is 0. The molecule has 0 saturated carbocycles. The first-order valence-electron chi connectivity index (χ1n) is 1.91. The Balaban J connectivity index is -0.000000120. The van der Waals surface area contributed by atoms with Crippen LogP contribution in [0.2, 0.25) is 0 Å². The molecule has 0 N–H and O–H groups in total. The Hall–Kier alpha value is 0.722. The van der Waals surface area contributed by atoms with E-state index in [1.807, 2.05) is 30.3 Å². The van der Waals surface area contributed by atoms with E-state index < -0.39 is 0 Å². The van der Waals surface area contributed by atoms with Gasteiger partial charge in [0.1, 0.15) is 0 Å². The average molecular weight is 352 g/mol. The third-order valence-corrected chi connectivity index (χ3v) is 0.607. The van der Waals surface area contributed by atoms with Gasteiger partial charge in [0.15, 0.2) is 0 Å². The zero-order valence-corrected chi connectivity index (χ0v) is 10.7. The van der Waals surface area contributed by atoms with E-state index in [-0.39, 0.29) is 52.1 Å². The quantitative estimate of drug-likeness (QED) is 0.411. The molecule has 3 heteroatoms. The van der Waals surface area contributed by atoms with Crippen molar-refractivity contribution in [1.82, 2.24) is 0 Å². The van der Waals surface area contributed by atoms with E-state index in [1.54, 1.807) is 0 Å². The van der Waals surface area contributed by atoms with Crippen LogP contribution in [-0.4, -0.2) is 27.3 Å². The molecule has 0 bridgehead atoms. The summed E-state index contributed by atoms with van der Waals surface area (Å²) >= 11 is 0. The first kappa shape index (κ1) is 16.4. The monoisotopic (exact) mass is 352 g/mol. The summed E-state index contributed by atoms with van der Waals surface area (Å²) in [7, 11) is 0. The van der Waals surface area contributed by atoms with Crippen molar-refractivity contribution in [3.05, 3.63) is 36.4 Å². The molecule has 2 radical (unpaired) electrons. The van der Waals surface area contributed by atoms with Crippen LogP contribution in [0.5, 0.6) is 0 Å². The maximum atomic E-state index is 2.89. The van der Waals surface area contributed by atoms with Gasteiger partial charge in [-0.1, -0.05) is 30.3 Å². The van der Waals surface area contributed by atoms with Crippen molar-refractivity contribution in [3.8, 4) is 0 Å². The van der Waals surface area contributed by atoms with E-state index in [0.717, 1.165) is 0 Å². The van der Waals surface area contributed by atoms with Crippen LogP contribution in [0.25, 0.3) is 0 Å². The largest absolute Gasteiger partial charge is 1.00 e. The van der Waals surface area contributed by atoms with Crippen molar-refractivity contribution < 1.29 is 24.8 Å². The molecule has 0 aliphatic carbocycles. The Bertz CT molecular complexity index is 83.0. The van der Waals surface area contributed by atoms with Crippen LogP contribution in [0.1, 0.15) is 0 Å². The molecule has 48 valence electrons. The van der Waals surface area contributed by atoms with E-state index in [9.17, 15) is 0 Å². The van der Waals surface area contributed by atoms with E-state index in [2.05, 4.69) is 6.07 Å². The average Bonchev–Trinajstić information content (AvgIpc) is 1.72. The fourth-order valence-electron chi connectivity index (χ4n) is 0.342. The SMILES string of the molecule is [Cl-].[Cl-].[Tl].[c]1ccccc1. The summed E-state index contributed by atoms with van der Waals surface area (Å²) in [5, 5.41) is 0. The summed E-state index contributed by atoms with van der Waals surface area (Å²) in [6, 6.07) is 12.5. The Morgan fingerprint density at radius 2 is 1.22 bits per heavy atom. The van der Waals surface area contributed by atoms with Gasteiger partial charge in [-0.3, -0.25) is 0 Å². The first-order chi connectivity index (χ1) is 3.00. The maximum Gasteiger partial charge on any atom is 0 e. The molecule has 9 heavy (non-hydrogen) atoms. The number of halogens is 2. The molecule has 0 saturated heterocycles. The minimum Gasteiger partial charge on any atom is -1.00 e. The van der Waals surface area contributed by atoms with Gasteiger partial charge < -0.3 is 24.8 Å². The summed E-state index contributed by atoms with van der Waals surface area (Å²) in [6.07, 6.45) is 0. The smallest absolute Gasteiger partial charge is 0 e. The van der Waals surface area contributed by atoms with Crippen molar-refractivity contribution >= 4 is 27.3 Å². The van der Waals surface area contributed by atoms with Gasteiger partial charge in [0.05, 0.1) is 0 Å². The number of hydrogen-bond acceptors (Lipinski definition) is 0. The van der Waals surface area contributed by atoms with Crippen LogP contribution in [-0.2, 0) is 0 Å². The fraction of sp³-hybridized carbons (Fsp3) is 0. The van der Waals surface area contributed by atoms with Gasteiger partial charge in [0.2, 0.25) is 0 Å². The van der Waals surface area contributed by atoms with Gasteiger partial charge in [-0.25, -0.2) is 0 Å². The second kappa shape index (κ2) is 11.5. The predicted octanol–water partition coefficient (Wildman–Crippen LogP) is -4.89. The molecule has 0 spiro atoms. The van der Waals surface area contributed by atoms with Gasteiger partial charge in [-0.2, -0.15) is 0 Å². The van der Waals surface area contributed by atoms with Crippen LogP contribution in [0.15, 0.2) is 30.3 Å². The minimum atomic E-state index is 0. The van der Waals surface area contributed by atoms with E-state index in [1.165, 1.54) is 0 Å². The normalized spacial score (nSPS) is 5.33. The second-order valence-electron chi connectivity index (χ2n) is 1.08. The Morgan fingerprint density at radius 1 is 0.778 bits per heavy atom. The molecule has 0 nitrogen and oxygen atoms in total. The van der Waals surface area contributed by atoms with Crippen LogP contribution < -0.4 is 24.8 Å². The van der Waals surface area contributed by atoms with Crippen LogP contribution >= 0.6 is 0 Å². The van der Waals surface area contributed by atoms with Crippen molar-refractivity contribution in [3.63, 3.8) is 0 Å². The zero-order valence-electron chi connectivity index (χ0n) is 4.72. The summed E-state index contributed by atoms with van der Waals surface area (Å²) in [6.45, 7) is 0. The Kier molecular flexibility index (Phi) is 20.9. The van der Waals surface area contributed by atoms with Crippen molar-refractivity contribution in [1.29, 1.82) is 0 Å². The van der Waals surface area contributed by atoms with Crippen LogP contribution in [0.4, 0.5) is 0 Å². The molecular weight excluding hydrogens is 347 g/mol. The molecule has 0 unspecified atom stereocenters. The summed E-state index contributed by atoms with van der Waals surface area (Å²) in [5.41, 5.74) is 0. The Morgan fingerprint density at radius 3 is 1.33 bits per heavy atom. The molecule has 1 aromatic rings. The van der Waals surface area contributed by atoms with E-state index in [0.29, 0.717) is 0 Å². The summed E-state index contributed by atoms with van der Waals surface area (Å²) in [5.74, 6) is 0. The fourth-order valence-corrected chi connectivity index (χ4v) is 0.342. The van der Waals surface area contributed by atoms with Crippen molar-refractivity contribution in [2.75, 3.05) is 0 Å². The Labute approximate surface area is 88.0 Å². The van der Waals surface area contributed by atoms with E-state index >= 15 is 0 Å². The molecule has 0 heterocycles. The standard InChI is InChI=1S/C6H5.2ClH.Tl/c1-2-4-6-5-3-1;;;/h1-5H;2*1H;/p-2.